The predicted molar refractivity (Wildman–Crippen MR) is 178 cm³/mol. The van der Waals surface area contributed by atoms with Crippen LogP contribution < -0.4 is 5.32 Å². The topological polar surface area (TPSA) is 89.5 Å². The summed E-state index contributed by atoms with van der Waals surface area (Å²) >= 11 is 0. The van der Waals surface area contributed by atoms with Gasteiger partial charge in [0, 0.05) is 51.0 Å². The van der Waals surface area contributed by atoms with E-state index in [1.807, 2.05) is 48.5 Å². The molecule has 0 aromatic heterocycles. The van der Waals surface area contributed by atoms with Crippen LogP contribution in [0.1, 0.15) is 64.3 Å². The first-order valence-corrected chi connectivity index (χ1v) is 17.1. The fourth-order valence-electron chi connectivity index (χ4n) is 7.03. The molecule has 13 heteroatoms. The molecule has 7 rings (SSSR count). The number of halogens is 5. The molecule has 4 aromatic rings. The number of likely N-dealkylation sites (tertiary alicyclic amines) is 1. The fourth-order valence-corrected chi connectivity index (χ4v) is 7.03. The van der Waals surface area contributed by atoms with E-state index >= 15 is 0 Å². The zero-order valence-electron chi connectivity index (χ0n) is 28.1. The van der Waals surface area contributed by atoms with Gasteiger partial charge in [-0.15, -0.1) is 0 Å². The summed E-state index contributed by atoms with van der Waals surface area (Å²) in [4.78, 5) is 15.0. The van der Waals surface area contributed by atoms with Gasteiger partial charge >= 0.3 is 0 Å². The van der Waals surface area contributed by atoms with Gasteiger partial charge in [-0.3, -0.25) is 4.79 Å². The third-order valence-electron chi connectivity index (χ3n) is 9.90. The lowest BCUT2D eigenvalue weighted by molar-refractivity contribution is -0.255. The molecule has 3 aliphatic heterocycles. The van der Waals surface area contributed by atoms with E-state index in [1.165, 1.54) is 0 Å². The van der Waals surface area contributed by atoms with E-state index < -0.39 is 52.6 Å². The van der Waals surface area contributed by atoms with Crippen LogP contribution in [0.25, 0.3) is 11.1 Å². The molecule has 3 atom stereocenters. The molecule has 8 nitrogen and oxygen atoms in total. The average molecular weight is 725 g/mol. The van der Waals surface area contributed by atoms with Crippen molar-refractivity contribution in [2.45, 2.75) is 56.7 Å². The molecule has 0 unspecified atom stereocenters. The number of aliphatic hydroxyl groups excluding tert-OH is 1. The van der Waals surface area contributed by atoms with Crippen LogP contribution in [0.4, 0.5) is 22.0 Å². The number of ether oxygens (including phenoxy) is 4. The van der Waals surface area contributed by atoms with Crippen LogP contribution in [-0.2, 0) is 32.1 Å². The van der Waals surface area contributed by atoms with Gasteiger partial charge in [-0.05, 0) is 27.8 Å². The molecule has 0 saturated carbocycles. The second kappa shape index (κ2) is 15.4. The van der Waals surface area contributed by atoms with Gasteiger partial charge in [-0.1, -0.05) is 72.8 Å². The molecule has 0 aliphatic carbocycles. The van der Waals surface area contributed by atoms with Gasteiger partial charge in [0.25, 0.3) is 5.91 Å². The molecule has 1 amide bonds. The Labute approximate surface area is 297 Å². The van der Waals surface area contributed by atoms with Crippen molar-refractivity contribution in [1.82, 2.24) is 10.2 Å². The Hall–Kier alpha value is -4.24. The van der Waals surface area contributed by atoms with Gasteiger partial charge in [0.1, 0.15) is 5.56 Å². The van der Waals surface area contributed by atoms with E-state index in [9.17, 15) is 31.9 Å². The standard InChI is InChI=1S/C39H37F5N2O6/c40-32-31(33(41)35(43)36(44)34(32)42)37(48)45-20-27-3-1-2-4-29(27)24-9-11-26(12-10-24)38-51-28(19-30(52-38)25-7-5-23(22-47)6-8-25)21-46-15-13-39(14-16-46)49-17-18-50-39/h1-12,28,30,38,47H,13-22H2,(H,45,48)/t28-,30+,38+/m1/s1. The molecule has 274 valence electrons. The van der Waals surface area contributed by atoms with Crippen molar-refractivity contribution < 1.29 is 50.8 Å². The first kappa shape index (κ1) is 36.1. The molecule has 52 heavy (non-hydrogen) atoms. The van der Waals surface area contributed by atoms with Crippen LogP contribution in [0.5, 0.6) is 0 Å². The Balaban J connectivity index is 1.07. The van der Waals surface area contributed by atoms with Gasteiger partial charge < -0.3 is 34.3 Å². The van der Waals surface area contributed by atoms with Crippen molar-refractivity contribution in [2.75, 3.05) is 32.8 Å². The van der Waals surface area contributed by atoms with Crippen LogP contribution in [-0.4, -0.2) is 60.7 Å². The number of aliphatic hydroxyl groups is 1. The molecule has 3 aliphatic rings. The van der Waals surface area contributed by atoms with E-state index in [0.717, 1.165) is 48.2 Å². The van der Waals surface area contributed by atoms with Crippen molar-refractivity contribution in [3.63, 3.8) is 0 Å². The molecule has 3 heterocycles. The van der Waals surface area contributed by atoms with E-state index in [4.69, 9.17) is 18.9 Å². The van der Waals surface area contributed by atoms with Crippen LogP contribution >= 0.6 is 0 Å². The summed E-state index contributed by atoms with van der Waals surface area (Å²) in [6.07, 6.45) is 1.10. The maximum atomic E-state index is 14.2. The number of carbonyl (C=O) groups is 1. The van der Waals surface area contributed by atoms with Gasteiger partial charge in [0.15, 0.2) is 35.3 Å². The van der Waals surface area contributed by atoms with Crippen molar-refractivity contribution in [3.05, 3.63) is 130 Å². The SMILES string of the molecule is O=C(NCc1ccccc1-c1ccc([C@H]2O[C@@H](CN3CCC4(CC3)OCCO4)C[C@@H](c3ccc(CO)cc3)O2)cc1)c1c(F)c(F)c(F)c(F)c1F. The maximum absolute atomic E-state index is 14.2. The summed E-state index contributed by atoms with van der Waals surface area (Å²) in [6.45, 7) is 3.26. The summed E-state index contributed by atoms with van der Waals surface area (Å²) < 4.78 is 94.3. The number of hydrogen-bond acceptors (Lipinski definition) is 7. The lowest BCUT2D eigenvalue weighted by Gasteiger charge is -2.41. The molecule has 3 fully saturated rings. The normalized spacial score (nSPS) is 21.8. The van der Waals surface area contributed by atoms with Crippen molar-refractivity contribution >= 4 is 5.91 Å². The highest BCUT2D eigenvalue weighted by molar-refractivity contribution is 5.95. The number of amides is 1. The van der Waals surface area contributed by atoms with Crippen molar-refractivity contribution in [1.29, 1.82) is 0 Å². The number of piperidine rings is 1. The minimum Gasteiger partial charge on any atom is -0.392 e. The Bertz CT molecular complexity index is 1870. The lowest BCUT2D eigenvalue weighted by atomic mass is 9.97. The van der Waals surface area contributed by atoms with E-state index in [1.54, 1.807) is 24.3 Å². The van der Waals surface area contributed by atoms with Gasteiger partial charge in [-0.25, -0.2) is 22.0 Å². The minimum atomic E-state index is -2.34. The monoisotopic (exact) mass is 724 g/mol. The summed E-state index contributed by atoms with van der Waals surface area (Å²) in [6, 6.07) is 22.1. The predicted octanol–water partition coefficient (Wildman–Crippen LogP) is 6.86. The lowest BCUT2D eigenvalue weighted by Crippen LogP contribution is -2.48. The number of nitrogens with one attached hydrogen (secondary N) is 1. The van der Waals surface area contributed by atoms with Crippen LogP contribution in [0.2, 0.25) is 0 Å². The Kier molecular flexibility index (Phi) is 10.7. The number of rotatable bonds is 9. The van der Waals surface area contributed by atoms with Crippen molar-refractivity contribution in [2.24, 2.45) is 0 Å². The first-order valence-electron chi connectivity index (χ1n) is 17.1. The molecular formula is C39H37F5N2O6. The van der Waals surface area contributed by atoms with E-state index in [-0.39, 0.29) is 25.4 Å². The highest BCUT2D eigenvalue weighted by Crippen LogP contribution is 2.40. The minimum absolute atomic E-state index is 0.0583. The molecule has 1 spiro atoms. The second-order valence-electron chi connectivity index (χ2n) is 13.2. The zero-order chi connectivity index (χ0) is 36.4. The maximum Gasteiger partial charge on any atom is 0.257 e. The number of carbonyl (C=O) groups excluding carboxylic acids is 1. The molecule has 3 saturated heterocycles. The zero-order valence-corrected chi connectivity index (χ0v) is 28.1. The number of benzene rings is 4. The summed E-state index contributed by atoms with van der Waals surface area (Å²) in [5.41, 5.74) is 2.96. The van der Waals surface area contributed by atoms with Crippen LogP contribution in [0, 0.1) is 29.1 Å². The molecular weight excluding hydrogens is 687 g/mol. The Morgan fingerprint density at radius 2 is 1.40 bits per heavy atom. The third-order valence-corrected chi connectivity index (χ3v) is 9.90. The first-order chi connectivity index (χ1) is 25.1. The molecule has 2 N–H and O–H groups in total. The van der Waals surface area contributed by atoms with E-state index in [2.05, 4.69) is 10.2 Å². The largest absolute Gasteiger partial charge is 0.392 e. The quantitative estimate of drug-likeness (QED) is 0.111. The number of hydrogen-bond donors (Lipinski definition) is 2. The van der Waals surface area contributed by atoms with Crippen molar-refractivity contribution in [3.8, 4) is 11.1 Å². The van der Waals surface area contributed by atoms with E-state index in [0.29, 0.717) is 37.3 Å². The third kappa shape index (κ3) is 7.47. The summed E-state index contributed by atoms with van der Waals surface area (Å²) in [5.74, 6) is -13.0. The second-order valence-corrected chi connectivity index (χ2v) is 13.2. The highest BCUT2D eigenvalue weighted by atomic mass is 19.2. The van der Waals surface area contributed by atoms with Gasteiger partial charge in [-0.2, -0.15) is 0 Å². The van der Waals surface area contributed by atoms with Gasteiger partial charge in [0.2, 0.25) is 5.82 Å². The molecule has 0 bridgehead atoms. The summed E-state index contributed by atoms with van der Waals surface area (Å²) in [5, 5.41) is 11.8. The van der Waals surface area contributed by atoms with Gasteiger partial charge in [0.05, 0.1) is 32.0 Å². The molecule has 0 radical (unpaired) electrons. The Morgan fingerprint density at radius 3 is 2.06 bits per heavy atom. The number of nitrogens with zero attached hydrogens (tertiary/aromatic N) is 1. The molecule has 4 aromatic carbocycles. The summed E-state index contributed by atoms with van der Waals surface area (Å²) in [7, 11) is 0. The van der Waals surface area contributed by atoms with Crippen LogP contribution in [0.3, 0.4) is 0 Å². The average Bonchev–Trinajstić information content (AvgIpc) is 3.64. The Morgan fingerprint density at radius 1 is 0.788 bits per heavy atom. The van der Waals surface area contributed by atoms with Crippen LogP contribution in [0.15, 0.2) is 72.8 Å². The smallest absolute Gasteiger partial charge is 0.257 e. The highest BCUT2D eigenvalue weighted by Gasteiger charge is 2.41. The fraction of sp³-hybridized carbons (Fsp3) is 0.359.